The lowest BCUT2D eigenvalue weighted by molar-refractivity contribution is -0.143. The minimum Gasteiger partial charge on any atom is -0.481 e. The summed E-state index contributed by atoms with van der Waals surface area (Å²) in [5.41, 5.74) is 2.32. The number of amidine groups is 1. The Kier molecular flexibility index (Phi) is 6.66. The summed E-state index contributed by atoms with van der Waals surface area (Å²) in [4.78, 5) is 15.6. The molecule has 5 rings (SSSR count). The fraction of sp³-hybridized carbons (Fsp3) is 0.357. The molecule has 5 nitrogen and oxygen atoms in total. The largest absolute Gasteiger partial charge is 0.481 e. The number of nitrogens with zero attached hydrogens (tertiary/aromatic N) is 1. The highest BCUT2D eigenvalue weighted by Crippen LogP contribution is 2.38. The van der Waals surface area contributed by atoms with Crippen molar-refractivity contribution in [2.75, 3.05) is 0 Å². The highest BCUT2D eigenvalue weighted by atomic mass is 19.1. The van der Waals surface area contributed by atoms with Gasteiger partial charge in [0.05, 0.1) is 17.2 Å². The number of hydrogen-bond donors (Lipinski definition) is 2. The summed E-state index contributed by atoms with van der Waals surface area (Å²) >= 11 is 0. The van der Waals surface area contributed by atoms with E-state index >= 15 is 8.78 Å². The molecule has 1 fully saturated rings. The summed E-state index contributed by atoms with van der Waals surface area (Å²) in [5, 5.41) is 12.2. The first-order valence-electron chi connectivity index (χ1n) is 12.2. The lowest BCUT2D eigenvalue weighted by atomic mass is 9.87. The second kappa shape index (κ2) is 10.0. The van der Waals surface area contributed by atoms with Crippen LogP contribution in [0.25, 0.3) is 0 Å². The van der Waals surface area contributed by atoms with E-state index in [-0.39, 0.29) is 35.2 Å². The fourth-order valence-electron chi connectivity index (χ4n) is 5.06. The maximum atomic E-state index is 15.7. The number of aliphatic carboxylic acids is 1. The van der Waals surface area contributed by atoms with Gasteiger partial charge < -0.3 is 15.2 Å². The van der Waals surface area contributed by atoms with Crippen LogP contribution in [0.5, 0.6) is 0 Å². The SMILES string of the molecule is O=C(O)C1CCC(OC2=NC3=C(F)C(C4=CCC(c5ccccc5)C=C4)=C(F)C=C(CC3)N2)CC1. The van der Waals surface area contributed by atoms with Crippen molar-refractivity contribution in [1.82, 2.24) is 5.32 Å². The number of allylic oxidation sites excluding steroid dienone is 10. The summed E-state index contributed by atoms with van der Waals surface area (Å²) in [6.07, 6.45) is 10.4. The standard InChI is InChI=1S/C28H28F2N2O3/c29-23-16-21-12-15-24(32-28(31-21)35-22-13-10-20(11-14-22)27(33)34)26(30)25(23)19-8-6-18(7-9-19)17-4-2-1-3-5-17/h1-6,8-9,16,18,20,22H,7,10-15H2,(H,31,32)(H,33,34). The van der Waals surface area contributed by atoms with Gasteiger partial charge in [-0.1, -0.05) is 48.6 Å². The van der Waals surface area contributed by atoms with Gasteiger partial charge in [0, 0.05) is 11.6 Å². The van der Waals surface area contributed by atoms with E-state index in [0.717, 1.165) is 5.56 Å². The third kappa shape index (κ3) is 5.14. The molecule has 3 aliphatic carbocycles. The highest BCUT2D eigenvalue weighted by Gasteiger charge is 2.30. The van der Waals surface area contributed by atoms with Crippen molar-refractivity contribution in [2.45, 2.75) is 57.0 Å². The molecule has 1 atom stereocenters. The summed E-state index contributed by atoms with van der Waals surface area (Å²) < 4.78 is 37.1. The molecule has 2 N–H and O–H groups in total. The molecule has 1 saturated carbocycles. The first-order chi connectivity index (χ1) is 17.0. The maximum Gasteiger partial charge on any atom is 0.306 e. The predicted molar refractivity (Wildman–Crippen MR) is 130 cm³/mol. The molecule has 2 bridgehead atoms. The van der Waals surface area contributed by atoms with Crippen molar-refractivity contribution in [2.24, 2.45) is 10.9 Å². The van der Waals surface area contributed by atoms with Crippen LogP contribution in [0.1, 0.15) is 56.4 Å². The van der Waals surface area contributed by atoms with Crippen LogP contribution in [-0.4, -0.2) is 23.2 Å². The number of carboxylic acids is 1. The van der Waals surface area contributed by atoms with E-state index in [2.05, 4.69) is 22.4 Å². The van der Waals surface area contributed by atoms with Crippen molar-refractivity contribution >= 4 is 12.0 Å². The van der Waals surface area contributed by atoms with E-state index in [1.165, 1.54) is 6.08 Å². The molecule has 182 valence electrons. The number of halogens is 2. The number of hydrogen-bond acceptors (Lipinski definition) is 4. The minimum absolute atomic E-state index is 0.0753. The Morgan fingerprint density at radius 1 is 1.09 bits per heavy atom. The number of aliphatic imine (C=N–C) groups is 1. The van der Waals surface area contributed by atoms with Crippen LogP contribution in [0.2, 0.25) is 0 Å². The van der Waals surface area contributed by atoms with Crippen molar-refractivity contribution in [3.8, 4) is 0 Å². The second-order valence-corrected chi connectivity index (χ2v) is 9.40. The fourth-order valence-corrected chi connectivity index (χ4v) is 5.06. The zero-order chi connectivity index (χ0) is 24.4. The molecule has 7 heteroatoms. The van der Waals surface area contributed by atoms with Gasteiger partial charge in [-0.15, -0.1) is 0 Å². The summed E-state index contributed by atoms with van der Waals surface area (Å²) in [6.45, 7) is 0. The molecule has 1 aliphatic heterocycles. The monoisotopic (exact) mass is 478 g/mol. The van der Waals surface area contributed by atoms with Crippen molar-refractivity contribution in [1.29, 1.82) is 0 Å². The van der Waals surface area contributed by atoms with Gasteiger partial charge in [-0.05, 0) is 62.2 Å². The molecule has 1 aromatic carbocycles. The van der Waals surface area contributed by atoms with Crippen LogP contribution in [-0.2, 0) is 9.53 Å². The Labute approximate surface area is 203 Å². The van der Waals surface area contributed by atoms with Crippen LogP contribution in [0, 0.1) is 5.92 Å². The van der Waals surface area contributed by atoms with Crippen molar-refractivity contribution in [3.05, 3.63) is 94.4 Å². The van der Waals surface area contributed by atoms with Gasteiger partial charge in [0.15, 0.2) is 5.83 Å². The molecule has 0 spiro atoms. The lowest BCUT2D eigenvalue weighted by Gasteiger charge is -2.27. The first kappa shape index (κ1) is 23.3. The van der Waals surface area contributed by atoms with Gasteiger partial charge in [-0.25, -0.2) is 8.78 Å². The molecule has 1 unspecified atom stereocenters. The lowest BCUT2D eigenvalue weighted by Crippen LogP contribution is -2.33. The zero-order valence-corrected chi connectivity index (χ0v) is 19.3. The molecule has 1 heterocycles. The average Bonchev–Trinajstić information content (AvgIpc) is 3.04. The van der Waals surface area contributed by atoms with E-state index in [4.69, 9.17) is 4.74 Å². The maximum absolute atomic E-state index is 15.7. The summed E-state index contributed by atoms with van der Waals surface area (Å²) in [7, 11) is 0. The average molecular weight is 479 g/mol. The molecule has 0 radical (unpaired) electrons. The van der Waals surface area contributed by atoms with E-state index in [1.54, 1.807) is 6.08 Å². The van der Waals surface area contributed by atoms with E-state index < -0.39 is 17.6 Å². The minimum atomic E-state index is -0.785. The number of carboxylic acid groups (broad SMARTS) is 1. The Morgan fingerprint density at radius 2 is 1.86 bits per heavy atom. The molecular weight excluding hydrogens is 450 g/mol. The normalized spacial score (nSPS) is 26.7. The number of rotatable bonds is 4. The number of nitrogens with one attached hydrogen (secondary N) is 1. The molecular formula is C28H28F2N2O3. The van der Waals surface area contributed by atoms with Gasteiger partial charge in [0.25, 0.3) is 6.02 Å². The number of benzene rings is 1. The molecule has 35 heavy (non-hydrogen) atoms. The zero-order valence-electron chi connectivity index (χ0n) is 19.3. The Hall–Kier alpha value is -3.48. The molecule has 1 aromatic rings. The van der Waals surface area contributed by atoms with Crippen molar-refractivity contribution in [3.63, 3.8) is 0 Å². The number of ether oxygens (including phenoxy) is 1. The van der Waals surface area contributed by atoms with Crippen LogP contribution in [0.3, 0.4) is 0 Å². The van der Waals surface area contributed by atoms with E-state index in [9.17, 15) is 9.90 Å². The molecule has 0 aromatic heterocycles. The highest BCUT2D eigenvalue weighted by molar-refractivity contribution is 5.78. The van der Waals surface area contributed by atoms with Crippen molar-refractivity contribution < 1.29 is 23.4 Å². The van der Waals surface area contributed by atoms with Crippen LogP contribution in [0.4, 0.5) is 8.78 Å². The van der Waals surface area contributed by atoms with Crippen LogP contribution in [0.15, 0.2) is 93.8 Å². The first-order valence-corrected chi connectivity index (χ1v) is 12.2. The Morgan fingerprint density at radius 3 is 2.54 bits per heavy atom. The van der Waals surface area contributed by atoms with Gasteiger partial charge in [0.2, 0.25) is 0 Å². The third-order valence-electron chi connectivity index (χ3n) is 7.07. The van der Waals surface area contributed by atoms with Gasteiger partial charge in [-0.3, -0.25) is 4.79 Å². The van der Waals surface area contributed by atoms with E-state index in [0.29, 0.717) is 56.2 Å². The third-order valence-corrected chi connectivity index (χ3v) is 7.07. The van der Waals surface area contributed by atoms with Crippen LogP contribution < -0.4 is 5.32 Å². The van der Waals surface area contributed by atoms with Gasteiger partial charge in [-0.2, -0.15) is 4.99 Å². The van der Waals surface area contributed by atoms with Crippen LogP contribution >= 0.6 is 0 Å². The summed E-state index contributed by atoms with van der Waals surface area (Å²) in [6, 6.07) is 10.2. The number of carbonyl (C=O) groups is 1. The molecule has 4 aliphatic rings. The van der Waals surface area contributed by atoms with Gasteiger partial charge in [0.1, 0.15) is 11.9 Å². The Bertz CT molecular complexity index is 1190. The topological polar surface area (TPSA) is 70.9 Å². The summed E-state index contributed by atoms with van der Waals surface area (Å²) in [5.74, 6) is -2.29. The number of fused-ring (bicyclic) bond motifs is 3. The predicted octanol–water partition coefficient (Wildman–Crippen LogP) is 6.36. The smallest absolute Gasteiger partial charge is 0.306 e. The Balaban J connectivity index is 1.37. The van der Waals surface area contributed by atoms with Gasteiger partial charge >= 0.3 is 5.97 Å². The quantitative estimate of drug-likeness (QED) is 0.528. The van der Waals surface area contributed by atoms with E-state index in [1.807, 2.05) is 30.4 Å². The molecule has 0 amide bonds. The molecule has 0 saturated heterocycles. The second-order valence-electron chi connectivity index (χ2n) is 9.40.